The van der Waals surface area contributed by atoms with Gasteiger partial charge in [-0.25, -0.2) is 14.6 Å². The van der Waals surface area contributed by atoms with Crippen LogP contribution < -0.4 is 26.2 Å². The summed E-state index contributed by atoms with van der Waals surface area (Å²) >= 11 is 0. The fraction of sp³-hybridized carbons (Fsp3) is 0.371. The predicted octanol–water partition coefficient (Wildman–Crippen LogP) is 4.20. The molecule has 13 heteroatoms. The Morgan fingerprint density at radius 1 is 1.02 bits per heavy atom. The van der Waals surface area contributed by atoms with E-state index in [2.05, 4.69) is 27.1 Å². The molecule has 0 radical (unpaired) electrons. The standard InChI is InChI=1S/C35H38N8O5/c1-6-7-20-42-28-29(39-32(42)41-19-13-14-23(21-41)36-33(45)48-35(2,3)4)40(5)34(46)43(31(28)44)22-27-37-26-18-12-11-17-25(26)30(38-27)47-24-15-9-8-10-16-24/h8-12,15-18,23H,13-14,19-22H2,1-5H3,(H,36,45). The van der Waals surface area contributed by atoms with Crippen LogP contribution in [0.1, 0.15) is 46.4 Å². The molecule has 0 saturated carbocycles. The molecule has 1 N–H and O–H groups in total. The maximum atomic E-state index is 14.2. The lowest BCUT2D eigenvalue weighted by molar-refractivity contribution is 0.0499. The van der Waals surface area contributed by atoms with Crippen LogP contribution in [0.4, 0.5) is 10.7 Å². The van der Waals surface area contributed by atoms with Crippen molar-refractivity contribution in [3.63, 3.8) is 0 Å². The Hall–Kier alpha value is -5.64. The summed E-state index contributed by atoms with van der Waals surface area (Å²) < 4.78 is 15.8. The van der Waals surface area contributed by atoms with Gasteiger partial charge in [0.15, 0.2) is 17.0 Å². The second-order valence-corrected chi connectivity index (χ2v) is 12.6. The molecule has 5 aromatic rings. The monoisotopic (exact) mass is 650 g/mol. The minimum absolute atomic E-state index is 0.179. The summed E-state index contributed by atoms with van der Waals surface area (Å²) in [6, 6.07) is 16.5. The lowest BCUT2D eigenvalue weighted by atomic mass is 10.1. The molecule has 0 bridgehead atoms. The molecule has 2 aromatic carbocycles. The van der Waals surface area contributed by atoms with Gasteiger partial charge in [-0.1, -0.05) is 36.3 Å². The number of aromatic nitrogens is 6. The smallest absolute Gasteiger partial charge is 0.407 e. The highest BCUT2D eigenvalue weighted by atomic mass is 16.6. The van der Waals surface area contributed by atoms with Gasteiger partial charge in [-0.2, -0.15) is 9.97 Å². The summed E-state index contributed by atoms with van der Waals surface area (Å²) in [6.07, 6.45) is 1.05. The maximum absolute atomic E-state index is 14.2. The van der Waals surface area contributed by atoms with Crippen LogP contribution in [0.2, 0.25) is 0 Å². The van der Waals surface area contributed by atoms with E-state index in [4.69, 9.17) is 14.5 Å². The molecule has 4 heterocycles. The van der Waals surface area contributed by atoms with Crippen molar-refractivity contribution in [2.75, 3.05) is 18.0 Å². The third-order valence-corrected chi connectivity index (χ3v) is 7.92. The molecule has 1 saturated heterocycles. The van der Waals surface area contributed by atoms with Crippen molar-refractivity contribution in [3.05, 3.63) is 81.3 Å². The predicted molar refractivity (Wildman–Crippen MR) is 182 cm³/mol. The Labute approximate surface area is 277 Å². The number of aryl methyl sites for hydroxylation is 1. The van der Waals surface area contributed by atoms with Crippen molar-refractivity contribution < 1.29 is 14.3 Å². The summed E-state index contributed by atoms with van der Waals surface area (Å²) in [5.74, 6) is 7.60. The lowest BCUT2D eigenvalue weighted by Crippen LogP contribution is -2.49. The van der Waals surface area contributed by atoms with E-state index in [1.54, 1.807) is 18.5 Å². The van der Waals surface area contributed by atoms with E-state index in [-0.39, 0.29) is 36.1 Å². The zero-order valence-electron chi connectivity index (χ0n) is 27.7. The molecule has 6 rings (SSSR count). The number of imidazole rings is 1. The summed E-state index contributed by atoms with van der Waals surface area (Å²) in [5, 5.41) is 3.66. The molecule has 1 aliphatic rings. The third-order valence-electron chi connectivity index (χ3n) is 7.92. The highest BCUT2D eigenvalue weighted by molar-refractivity contribution is 5.83. The van der Waals surface area contributed by atoms with Crippen molar-refractivity contribution in [2.45, 2.75) is 65.3 Å². The highest BCUT2D eigenvalue weighted by Gasteiger charge is 2.29. The van der Waals surface area contributed by atoms with Gasteiger partial charge in [-0.15, -0.1) is 5.92 Å². The Morgan fingerprint density at radius 3 is 2.52 bits per heavy atom. The van der Waals surface area contributed by atoms with Crippen LogP contribution in [0.5, 0.6) is 11.6 Å². The number of ether oxygens (including phenoxy) is 2. The van der Waals surface area contributed by atoms with E-state index < -0.39 is 22.9 Å². The first-order chi connectivity index (χ1) is 23.0. The normalized spacial score (nSPS) is 14.9. The van der Waals surface area contributed by atoms with Crippen LogP contribution >= 0.6 is 0 Å². The zero-order valence-corrected chi connectivity index (χ0v) is 27.7. The van der Waals surface area contributed by atoms with Crippen LogP contribution in [0.3, 0.4) is 0 Å². The van der Waals surface area contributed by atoms with Gasteiger partial charge in [0.25, 0.3) is 5.56 Å². The number of amides is 1. The number of para-hydroxylation sites is 2. The van der Waals surface area contributed by atoms with E-state index in [0.717, 1.165) is 17.4 Å². The Balaban J connectivity index is 1.39. The molecular weight excluding hydrogens is 612 g/mol. The van der Waals surface area contributed by atoms with Gasteiger partial charge in [0.1, 0.15) is 11.4 Å². The topological polar surface area (TPSA) is 138 Å². The average molecular weight is 651 g/mol. The lowest BCUT2D eigenvalue weighted by Gasteiger charge is -2.34. The summed E-state index contributed by atoms with van der Waals surface area (Å²) in [7, 11) is 1.58. The molecule has 1 amide bonds. The van der Waals surface area contributed by atoms with Crippen LogP contribution in [0.25, 0.3) is 22.1 Å². The molecule has 0 spiro atoms. The van der Waals surface area contributed by atoms with E-state index in [0.29, 0.717) is 41.6 Å². The number of rotatable bonds is 7. The number of carbonyl (C=O) groups is 1. The van der Waals surface area contributed by atoms with Crippen LogP contribution in [-0.2, 0) is 24.9 Å². The molecule has 1 fully saturated rings. The number of hydrogen-bond donors (Lipinski definition) is 1. The van der Waals surface area contributed by atoms with Gasteiger partial charge in [0, 0.05) is 26.2 Å². The summed E-state index contributed by atoms with van der Waals surface area (Å²) in [6.45, 7) is 8.25. The second kappa shape index (κ2) is 13.2. The number of benzene rings is 2. The molecule has 1 atom stereocenters. The van der Waals surface area contributed by atoms with Gasteiger partial charge in [-0.05, 0) is 64.8 Å². The van der Waals surface area contributed by atoms with Crippen molar-refractivity contribution in [1.82, 2.24) is 34.0 Å². The maximum Gasteiger partial charge on any atom is 0.407 e. The molecule has 48 heavy (non-hydrogen) atoms. The summed E-state index contributed by atoms with van der Waals surface area (Å²) in [4.78, 5) is 56.6. The van der Waals surface area contributed by atoms with Gasteiger partial charge in [-0.3, -0.25) is 18.5 Å². The number of piperidine rings is 1. The Bertz CT molecular complexity index is 2170. The zero-order chi connectivity index (χ0) is 34.0. The first-order valence-electron chi connectivity index (χ1n) is 15.8. The quantitative estimate of drug-likeness (QED) is 0.257. The number of anilines is 1. The van der Waals surface area contributed by atoms with E-state index in [1.807, 2.05) is 80.3 Å². The van der Waals surface area contributed by atoms with Gasteiger partial charge >= 0.3 is 11.8 Å². The molecular formula is C35H38N8O5. The van der Waals surface area contributed by atoms with Gasteiger partial charge in [0.05, 0.1) is 24.0 Å². The van der Waals surface area contributed by atoms with Gasteiger partial charge < -0.3 is 19.7 Å². The number of hydrogen-bond acceptors (Lipinski definition) is 9. The van der Waals surface area contributed by atoms with Crippen LogP contribution in [0.15, 0.2) is 64.2 Å². The SMILES string of the molecule is CC#CCn1c(N2CCCC(NC(=O)OC(C)(C)C)C2)nc2c1c(=O)n(Cc1nc(Oc3ccccc3)c3ccccc3n1)c(=O)n2C. The van der Waals surface area contributed by atoms with Crippen molar-refractivity contribution in [2.24, 2.45) is 7.05 Å². The largest absolute Gasteiger partial charge is 0.444 e. The average Bonchev–Trinajstić information content (AvgIpc) is 3.44. The van der Waals surface area contributed by atoms with E-state index in [9.17, 15) is 14.4 Å². The molecule has 3 aromatic heterocycles. The Morgan fingerprint density at radius 2 is 1.77 bits per heavy atom. The first kappa shape index (κ1) is 32.3. The molecule has 13 nitrogen and oxygen atoms in total. The fourth-order valence-electron chi connectivity index (χ4n) is 5.78. The minimum Gasteiger partial charge on any atom is -0.444 e. The minimum atomic E-state index is -0.621. The van der Waals surface area contributed by atoms with Crippen molar-refractivity contribution in [1.29, 1.82) is 0 Å². The number of alkyl carbamates (subject to hydrolysis) is 1. The van der Waals surface area contributed by atoms with Crippen LogP contribution in [-0.4, -0.2) is 59.5 Å². The first-order valence-corrected chi connectivity index (χ1v) is 15.8. The van der Waals surface area contributed by atoms with Gasteiger partial charge in [0.2, 0.25) is 11.8 Å². The molecule has 1 unspecified atom stereocenters. The number of fused-ring (bicyclic) bond motifs is 2. The number of carbonyl (C=O) groups excluding carboxylic acids is 1. The number of nitrogens with zero attached hydrogens (tertiary/aromatic N) is 7. The Kier molecular flexibility index (Phi) is 8.90. The van der Waals surface area contributed by atoms with Crippen molar-refractivity contribution in [3.8, 4) is 23.5 Å². The van der Waals surface area contributed by atoms with Crippen LogP contribution in [0, 0.1) is 11.8 Å². The summed E-state index contributed by atoms with van der Waals surface area (Å²) in [5.41, 5.74) is -0.625. The van der Waals surface area contributed by atoms with Crippen molar-refractivity contribution >= 4 is 34.1 Å². The van der Waals surface area contributed by atoms with E-state index >= 15 is 0 Å². The molecule has 1 aliphatic heterocycles. The highest BCUT2D eigenvalue weighted by Crippen LogP contribution is 2.28. The van der Waals surface area contributed by atoms with E-state index in [1.165, 1.54) is 4.57 Å². The molecule has 0 aliphatic carbocycles. The second-order valence-electron chi connectivity index (χ2n) is 12.6. The fourth-order valence-corrected chi connectivity index (χ4v) is 5.78. The molecule has 248 valence electrons. The third kappa shape index (κ3) is 6.73. The number of nitrogens with one attached hydrogen (secondary N) is 1.